The smallest absolute Gasteiger partial charge is 0.264 e. The highest BCUT2D eigenvalue weighted by atomic mass is 32.2. The van der Waals surface area contributed by atoms with Crippen molar-refractivity contribution in [3.63, 3.8) is 0 Å². The van der Waals surface area contributed by atoms with Gasteiger partial charge >= 0.3 is 0 Å². The Morgan fingerprint density at radius 1 is 0.872 bits per heavy atom. The van der Waals surface area contributed by atoms with Crippen LogP contribution in [0.5, 0.6) is 11.5 Å². The molecule has 0 atom stereocenters. The van der Waals surface area contributed by atoms with Crippen molar-refractivity contribution in [2.45, 2.75) is 43.0 Å². The Morgan fingerprint density at radius 2 is 1.54 bits per heavy atom. The zero-order valence-corrected chi connectivity index (χ0v) is 22.9. The van der Waals surface area contributed by atoms with Gasteiger partial charge in [-0.3, -0.25) is 13.9 Å². The normalized spacial score (nSPS) is 13.8. The first-order valence-corrected chi connectivity index (χ1v) is 14.3. The molecule has 9 nitrogen and oxygen atoms in total. The fraction of sp³-hybridized carbons (Fsp3) is 0.310. The van der Waals surface area contributed by atoms with Crippen molar-refractivity contribution < 1.29 is 27.5 Å². The van der Waals surface area contributed by atoms with Gasteiger partial charge in [-0.2, -0.15) is 0 Å². The predicted octanol–water partition coefficient (Wildman–Crippen LogP) is 4.60. The van der Waals surface area contributed by atoms with Crippen LogP contribution in [0.15, 0.2) is 77.7 Å². The van der Waals surface area contributed by atoms with E-state index in [9.17, 15) is 18.0 Å². The maximum atomic E-state index is 13.8. The van der Waals surface area contributed by atoms with Crippen molar-refractivity contribution >= 4 is 33.2 Å². The summed E-state index contributed by atoms with van der Waals surface area (Å²) in [5.74, 6) is -0.242. The number of para-hydroxylation sites is 2. The third-order valence-electron chi connectivity index (χ3n) is 6.66. The van der Waals surface area contributed by atoms with Gasteiger partial charge in [-0.05, 0) is 49.2 Å². The summed E-state index contributed by atoms with van der Waals surface area (Å²) < 4.78 is 39.1. The lowest BCUT2D eigenvalue weighted by molar-refractivity contribution is -0.114. The third-order valence-corrected chi connectivity index (χ3v) is 8.43. The fourth-order valence-electron chi connectivity index (χ4n) is 4.63. The van der Waals surface area contributed by atoms with Crippen molar-refractivity contribution in [1.29, 1.82) is 0 Å². The number of benzene rings is 3. The fourth-order valence-corrected chi connectivity index (χ4v) is 6.07. The molecule has 3 aromatic rings. The molecule has 2 amide bonds. The molecular formula is C29H33N3O6S. The molecule has 1 fully saturated rings. The second-order valence-electron chi connectivity index (χ2n) is 9.27. The number of anilines is 2. The van der Waals surface area contributed by atoms with E-state index in [4.69, 9.17) is 9.47 Å². The molecule has 1 aliphatic rings. The molecule has 3 aromatic carbocycles. The first-order valence-electron chi connectivity index (χ1n) is 12.8. The van der Waals surface area contributed by atoms with Crippen LogP contribution in [0.25, 0.3) is 0 Å². The summed E-state index contributed by atoms with van der Waals surface area (Å²) in [5.41, 5.74) is 0.948. The lowest BCUT2D eigenvalue weighted by Gasteiger charge is -2.25. The van der Waals surface area contributed by atoms with Crippen molar-refractivity contribution in [1.82, 2.24) is 5.32 Å². The Labute approximate surface area is 229 Å². The lowest BCUT2D eigenvalue weighted by atomic mass is 9.95. The zero-order chi connectivity index (χ0) is 27.8. The van der Waals surface area contributed by atoms with Crippen LogP contribution >= 0.6 is 0 Å². The molecule has 0 bridgehead atoms. The molecule has 0 heterocycles. The van der Waals surface area contributed by atoms with Gasteiger partial charge in [-0.1, -0.05) is 49.6 Å². The zero-order valence-electron chi connectivity index (χ0n) is 22.1. The SMILES string of the molecule is COc1ccc(S(=O)(=O)N(CC(=O)Nc2ccccc2C(=O)NC2CCCCC2)c2ccccc2)cc1OC. The number of rotatable bonds is 10. The number of carbonyl (C=O) groups excluding carboxylic acids is 2. The largest absolute Gasteiger partial charge is 0.493 e. The van der Waals surface area contributed by atoms with Gasteiger partial charge in [-0.25, -0.2) is 8.42 Å². The molecule has 0 unspecified atom stereocenters. The maximum Gasteiger partial charge on any atom is 0.264 e. The second kappa shape index (κ2) is 12.7. The number of hydrogen-bond donors (Lipinski definition) is 2. The quantitative estimate of drug-likeness (QED) is 0.381. The minimum Gasteiger partial charge on any atom is -0.493 e. The van der Waals surface area contributed by atoms with E-state index < -0.39 is 22.5 Å². The number of nitrogens with zero attached hydrogens (tertiary/aromatic N) is 1. The highest BCUT2D eigenvalue weighted by molar-refractivity contribution is 7.92. The van der Waals surface area contributed by atoms with Gasteiger partial charge in [0.25, 0.3) is 15.9 Å². The van der Waals surface area contributed by atoms with Gasteiger partial charge in [-0.15, -0.1) is 0 Å². The molecule has 0 spiro atoms. The first-order chi connectivity index (χ1) is 18.8. The third kappa shape index (κ3) is 6.69. The minimum absolute atomic E-state index is 0.0657. The van der Waals surface area contributed by atoms with Crippen molar-refractivity contribution in [3.8, 4) is 11.5 Å². The Kier molecular flexibility index (Phi) is 9.08. The van der Waals surface area contributed by atoms with Gasteiger partial charge in [0.15, 0.2) is 11.5 Å². The van der Waals surface area contributed by atoms with E-state index in [2.05, 4.69) is 10.6 Å². The average molecular weight is 552 g/mol. The molecule has 39 heavy (non-hydrogen) atoms. The summed E-state index contributed by atoms with van der Waals surface area (Å²) in [7, 11) is -1.31. The average Bonchev–Trinajstić information content (AvgIpc) is 2.96. The van der Waals surface area contributed by atoms with Crippen LogP contribution in [-0.4, -0.2) is 47.0 Å². The predicted molar refractivity (Wildman–Crippen MR) is 150 cm³/mol. The number of ether oxygens (including phenoxy) is 2. The van der Waals surface area contributed by atoms with Gasteiger partial charge in [0.1, 0.15) is 6.54 Å². The molecule has 0 radical (unpaired) electrons. The van der Waals surface area contributed by atoms with Crippen molar-refractivity contribution in [3.05, 3.63) is 78.4 Å². The van der Waals surface area contributed by atoms with Gasteiger partial charge < -0.3 is 20.1 Å². The minimum atomic E-state index is -4.19. The summed E-state index contributed by atoms with van der Waals surface area (Å²) in [6, 6.07) is 19.4. The first kappa shape index (κ1) is 28.0. The van der Waals surface area contributed by atoms with Crippen LogP contribution in [-0.2, 0) is 14.8 Å². The number of nitrogens with one attached hydrogen (secondary N) is 2. The van der Waals surface area contributed by atoms with E-state index >= 15 is 0 Å². The molecular weight excluding hydrogens is 518 g/mol. The van der Waals surface area contributed by atoms with Crippen molar-refractivity contribution in [2.75, 3.05) is 30.4 Å². The van der Waals surface area contributed by atoms with E-state index in [1.54, 1.807) is 54.6 Å². The van der Waals surface area contributed by atoms with E-state index in [0.29, 0.717) is 22.7 Å². The lowest BCUT2D eigenvalue weighted by Crippen LogP contribution is -2.39. The van der Waals surface area contributed by atoms with Gasteiger partial charge in [0, 0.05) is 12.1 Å². The molecule has 1 aliphatic carbocycles. The molecule has 0 saturated heterocycles. The summed E-state index contributed by atoms with van der Waals surface area (Å²) in [6.07, 6.45) is 5.18. The molecule has 0 aromatic heterocycles. The topological polar surface area (TPSA) is 114 Å². The second-order valence-corrected chi connectivity index (χ2v) is 11.1. The Morgan fingerprint density at radius 3 is 2.23 bits per heavy atom. The molecule has 4 rings (SSSR count). The van der Waals surface area contributed by atoms with Crippen LogP contribution in [0.1, 0.15) is 42.5 Å². The van der Waals surface area contributed by atoms with E-state index in [1.807, 2.05) is 0 Å². The summed E-state index contributed by atoms with van der Waals surface area (Å²) in [6.45, 7) is -0.515. The van der Waals surface area contributed by atoms with Gasteiger partial charge in [0.05, 0.1) is 36.1 Å². The number of carbonyl (C=O) groups is 2. The van der Waals surface area contributed by atoms with Crippen LogP contribution in [0.3, 0.4) is 0 Å². The number of amides is 2. The Hall–Kier alpha value is -4.05. The highest BCUT2D eigenvalue weighted by Crippen LogP contribution is 2.32. The number of hydrogen-bond acceptors (Lipinski definition) is 6. The molecule has 1 saturated carbocycles. The van der Waals surface area contributed by atoms with E-state index in [-0.39, 0.29) is 22.6 Å². The van der Waals surface area contributed by atoms with Gasteiger partial charge in [0.2, 0.25) is 5.91 Å². The van der Waals surface area contributed by atoms with Crippen LogP contribution in [0, 0.1) is 0 Å². The van der Waals surface area contributed by atoms with Crippen LogP contribution in [0.4, 0.5) is 11.4 Å². The molecule has 0 aliphatic heterocycles. The monoisotopic (exact) mass is 551 g/mol. The Bertz CT molecular complexity index is 1410. The highest BCUT2D eigenvalue weighted by Gasteiger charge is 2.29. The number of sulfonamides is 1. The maximum absolute atomic E-state index is 13.8. The standard InChI is InChI=1S/C29H33N3O6S/c1-37-26-18-17-23(19-27(26)38-2)39(35,36)32(22-13-7-4-8-14-22)20-28(33)31-25-16-10-9-15-24(25)29(34)30-21-11-5-3-6-12-21/h4,7-10,13-19,21H,3,5-6,11-12,20H2,1-2H3,(H,30,34)(H,31,33). The molecule has 10 heteroatoms. The molecule has 2 N–H and O–H groups in total. The number of methoxy groups -OCH3 is 2. The van der Waals surface area contributed by atoms with Crippen LogP contribution in [0.2, 0.25) is 0 Å². The summed E-state index contributed by atoms with van der Waals surface area (Å²) in [4.78, 5) is 26.2. The van der Waals surface area contributed by atoms with E-state index in [1.165, 1.54) is 38.8 Å². The summed E-state index contributed by atoms with van der Waals surface area (Å²) in [5, 5.41) is 5.81. The summed E-state index contributed by atoms with van der Waals surface area (Å²) >= 11 is 0. The van der Waals surface area contributed by atoms with Crippen molar-refractivity contribution in [2.24, 2.45) is 0 Å². The van der Waals surface area contributed by atoms with Crippen LogP contribution < -0.4 is 24.4 Å². The molecule has 206 valence electrons. The van der Waals surface area contributed by atoms with E-state index in [0.717, 1.165) is 30.0 Å². The Balaban J connectivity index is 1.58.